The van der Waals surface area contributed by atoms with E-state index in [2.05, 4.69) is 36.4 Å². The number of aliphatic hydroxyl groups excluding tert-OH is 1. The summed E-state index contributed by atoms with van der Waals surface area (Å²) in [5, 5.41) is 9.67. The third-order valence-electron chi connectivity index (χ3n) is 4.64. The molecular weight excluding hydrogens is 326 g/mol. The third-order valence-corrected chi connectivity index (χ3v) is 4.95. The maximum atomic E-state index is 9.83. The van der Waals surface area contributed by atoms with Crippen LogP contribution in [0.5, 0.6) is 0 Å². The van der Waals surface area contributed by atoms with Crippen molar-refractivity contribution in [1.82, 2.24) is 0 Å². The van der Waals surface area contributed by atoms with Gasteiger partial charge >= 0.3 is 0 Å². The molecule has 0 saturated carbocycles. The maximum absolute atomic E-state index is 9.83. The first-order valence-corrected chi connectivity index (χ1v) is 8.70. The minimum absolute atomic E-state index is 0.160. The van der Waals surface area contributed by atoms with Crippen LogP contribution in [-0.4, -0.2) is 16.2 Å². The molecule has 0 aliphatic rings. The lowest BCUT2D eigenvalue weighted by Crippen LogP contribution is -2.40. The van der Waals surface area contributed by atoms with Gasteiger partial charge in [-0.05, 0) is 35.3 Å². The summed E-state index contributed by atoms with van der Waals surface area (Å²) in [5.41, 5.74) is 9.11. The Morgan fingerprint density at radius 3 is 1.36 bits per heavy atom. The number of benzene rings is 3. The normalized spacial score (nSPS) is 12.5. The summed E-state index contributed by atoms with van der Waals surface area (Å²) < 4.78 is 0. The highest BCUT2D eigenvalue weighted by atomic mass is 32.1. The van der Waals surface area contributed by atoms with Gasteiger partial charge in [-0.25, -0.2) is 0 Å². The molecule has 3 heteroatoms. The molecule has 0 aromatic heterocycles. The van der Waals surface area contributed by atoms with Crippen molar-refractivity contribution in [1.29, 1.82) is 0 Å². The molecule has 2 nitrogen and oxygen atoms in total. The van der Waals surface area contributed by atoms with Gasteiger partial charge < -0.3 is 10.8 Å². The first-order chi connectivity index (χ1) is 12.1. The van der Waals surface area contributed by atoms with Gasteiger partial charge in [-0.1, -0.05) is 91.0 Å². The van der Waals surface area contributed by atoms with E-state index in [1.807, 2.05) is 54.6 Å². The lowest BCUT2D eigenvalue weighted by atomic mass is 9.66. The summed E-state index contributed by atoms with van der Waals surface area (Å²) in [7, 11) is 0. The van der Waals surface area contributed by atoms with Crippen molar-refractivity contribution in [2.75, 3.05) is 0 Å². The van der Waals surface area contributed by atoms with Gasteiger partial charge in [0.05, 0.1) is 6.04 Å². The van der Waals surface area contributed by atoms with Crippen LogP contribution in [-0.2, 0) is 5.41 Å². The van der Waals surface area contributed by atoms with Crippen LogP contribution in [0.25, 0.3) is 0 Å². The fourth-order valence-corrected chi connectivity index (χ4v) is 3.52. The van der Waals surface area contributed by atoms with E-state index in [9.17, 15) is 5.11 Å². The largest absolute Gasteiger partial charge is 0.501 e. The Morgan fingerprint density at radius 1 is 0.760 bits per heavy atom. The molecule has 126 valence electrons. The second-order valence-electron chi connectivity index (χ2n) is 6.15. The van der Waals surface area contributed by atoms with Crippen LogP contribution in [0.2, 0.25) is 0 Å². The molecule has 0 fully saturated rings. The third kappa shape index (κ3) is 3.48. The van der Waals surface area contributed by atoms with Gasteiger partial charge in [0.25, 0.3) is 0 Å². The molecule has 25 heavy (non-hydrogen) atoms. The summed E-state index contributed by atoms with van der Waals surface area (Å²) in [6.07, 6.45) is 0.486. The first kappa shape index (κ1) is 17.3. The Kier molecular flexibility index (Phi) is 5.27. The molecular formula is C22H21NOS. The molecule has 3 N–H and O–H groups in total. The molecule has 0 spiro atoms. The fourth-order valence-electron chi connectivity index (χ4n) is 3.44. The van der Waals surface area contributed by atoms with Crippen LogP contribution in [0.1, 0.15) is 23.1 Å². The molecule has 1 atom stereocenters. The SMILES string of the molecule is N[C@@H](CC(c1ccccc1)(c1ccccc1)c1ccccc1)C(O)=S. The second-order valence-corrected chi connectivity index (χ2v) is 6.57. The Balaban J connectivity index is 2.29. The van der Waals surface area contributed by atoms with Crippen molar-refractivity contribution in [2.24, 2.45) is 5.73 Å². The minimum Gasteiger partial charge on any atom is -0.501 e. The fraction of sp³-hybridized carbons (Fsp3) is 0.136. The summed E-state index contributed by atoms with van der Waals surface area (Å²) >= 11 is 4.97. The van der Waals surface area contributed by atoms with E-state index in [0.29, 0.717) is 6.42 Å². The van der Waals surface area contributed by atoms with Crippen molar-refractivity contribution in [3.8, 4) is 0 Å². The van der Waals surface area contributed by atoms with E-state index in [4.69, 9.17) is 18.0 Å². The van der Waals surface area contributed by atoms with Crippen molar-refractivity contribution in [3.63, 3.8) is 0 Å². The monoisotopic (exact) mass is 347 g/mol. The van der Waals surface area contributed by atoms with Crippen LogP contribution in [0.4, 0.5) is 0 Å². The highest BCUT2D eigenvalue weighted by Gasteiger charge is 2.38. The van der Waals surface area contributed by atoms with Crippen LogP contribution in [0, 0.1) is 0 Å². The minimum atomic E-state index is -0.601. The zero-order valence-corrected chi connectivity index (χ0v) is 14.7. The van der Waals surface area contributed by atoms with Crippen LogP contribution in [0.15, 0.2) is 91.0 Å². The molecule has 0 radical (unpaired) electrons. The van der Waals surface area contributed by atoms with Crippen molar-refractivity contribution < 1.29 is 5.11 Å². The van der Waals surface area contributed by atoms with Gasteiger partial charge in [-0.3, -0.25) is 0 Å². The van der Waals surface area contributed by atoms with Crippen LogP contribution < -0.4 is 5.73 Å². The number of aliphatic hydroxyl groups is 1. The number of rotatable bonds is 6. The number of hydrogen-bond acceptors (Lipinski definition) is 2. The van der Waals surface area contributed by atoms with Gasteiger partial charge in [-0.2, -0.15) is 0 Å². The van der Waals surface area contributed by atoms with E-state index in [1.54, 1.807) is 0 Å². The molecule has 3 aromatic carbocycles. The average molecular weight is 347 g/mol. The molecule has 0 aliphatic carbocycles. The summed E-state index contributed by atoms with van der Waals surface area (Å²) in [5.74, 6) is 0. The quantitative estimate of drug-likeness (QED) is 0.505. The van der Waals surface area contributed by atoms with E-state index in [1.165, 1.54) is 0 Å². The highest BCUT2D eigenvalue weighted by molar-refractivity contribution is 7.80. The highest BCUT2D eigenvalue weighted by Crippen LogP contribution is 2.42. The summed E-state index contributed by atoms with van der Waals surface area (Å²) in [6, 6.07) is 30.2. The predicted octanol–water partition coefficient (Wildman–Crippen LogP) is 4.62. The zero-order valence-electron chi connectivity index (χ0n) is 13.9. The summed E-state index contributed by atoms with van der Waals surface area (Å²) in [6.45, 7) is 0. The van der Waals surface area contributed by atoms with Gasteiger partial charge in [-0.15, -0.1) is 0 Å². The first-order valence-electron chi connectivity index (χ1n) is 8.29. The Morgan fingerprint density at radius 2 is 1.08 bits per heavy atom. The zero-order chi connectivity index (χ0) is 17.7. The lowest BCUT2D eigenvalue weighted by molar-refractivity contribution is 0.475. The molecule has 0 heterocycles. The number of hydrogen-bond donors (Lipinski definition) is 2. The molecule has 3 aromatic rings. The molecule has 0 saturated heterocycles. The molecule has 0 bridgehead atoms. The van der Waals surface area contributed by atoms with Crippen molar-refractivity contribution in [3.05, 3.63) is 108 Å². The average Bonchev–Trinajstić information content (AvgIpc) is 2.68. The van der Waals surface area contributed by atoms with E-state index >= 15 is 0 Å². The van der Waals surface area contributed by atoms with E-state index in [0.717, 1.165) is 16.7 Å². The Labute approximate surface area is 153 Å². The summed E-state index contributed by atoms with van der Waals surface area (Å²) in [4.78, 5) is 0. The molecule has 0 unspecified atom stereocenters. The topological polar surface area (TPSA) is 46.2 Å². The Bertz CT molecular complexity index is 722. The predicted molar refractivity (Wildman–Crippen MR) is 107 cm³/mol. The van der Waals surface area contributed by atoms with E-state index in [-0.39, 0.29) is 5.05 Å². The van der Waals surface area contributed by atoms with Gasteiger partial charge in [0.1, 0.15) is 0 Å². The maximum Gasteiger partial charge on any atom is 0.173 e. The van der Waals surface area contributed by atoms with Gasteiger partial charge in [0, 0.05) is 5.41 Å². The molecule has 0 amide bonds. The van der Waals surface area contributed by atoms with Crippen LogP contribution in [0.3, 0.4) is 0 Å². The standard InChI is InChI=1S/C22H21NOS/c23-20(21(24)25)16-22(17-10-4-1-5-11-17,18-12-6-2-7-13-18)19-14-8-3-9-15-19/h1-15,20H,16,23H2,(H,24,25)/t20-/m0/s1. The van der Waals surface area contributed by atoms with Crippen LogP contribution >= 0.6 is 12.2 Å². The Hall–Kier alpha value is -2.49. The lowest BCUT2D eigenvalue weighted by Gasteiger charge is -2.37. The second kappa shape index (κ2) is 7.60. The smallest absolute Gasteiger partial charge is 0.173 e. The number of thiocarbonyl (C=S) groups is 1. The van der Waals surface area contributed by atoms with Crippen molar-refractivity contribution >= 4 is 17.3 Å². The number of nitrogens with two attached hydrogens (primary N) is 1. The van der Waals surface area contributed by atoms with Crippen molar-refractivity contribution in [2.45, 2.75) is 17.9 Å². The van der Waals surface area contributed by atoms with Gasteiger partial charge in [0.2, 0.25) is 0 Å². The van der Waals surface area contributed by atoms with E-state index < -0.39 is 11.5 Å². The molecule has 3 rings (SSSR count). The van der Waals surface area contributed by atoms with Gasteiger partial charge in [0.15, 0.2) is 5.05 Å². The molecule has 0 aliphatic heterocycles.